The molecule has 20 heavy (non-hydrogen) atoms. The molecule has 0 aliphatic carbocycles. The number of hydrogen-bond donors (Lipinski definition) is 3. The van der Waals surface area contributed by atoms with Crippen molar-refractivity contribution in [1.29, 1.82) is 0 Å². The Kier molecular flexibility index (Phi) is 3.31. The van der Waals surface area contributed by atoms with Crippen molar-refractivity contribution in [2.24, 2.45) is 5.92 Å². The van der Waals surface area contributed by atoms with Crippen molar-refractivity contribution >= 4 is 17.6 Å². The number of nitrogens with zero attached hydrogens (tertiary/aromatic N) is 1. The largest absolute Gasteiger partial charge is 0.332 e. The van der Waals surface area contributed by atoms with Gasteiger partial charge in [0.1, 0.15) is 6.17 Å². The minimum Gasteiger partial charge on any atom is -0.332 e. The molecule has 2 fully saturated rings. The first-order valence-corrected chi connectivity index (χ1v) is 6.78. The zero-order valence-electron chi connectivity index (χ0n) is 11.3. The lowest BCUT2D eigenvalue weighted by atomic mass is 9.93. The molecule has 3 unspecified atom stereocenters. The van der Waals surface area contributed by atoms with Gasteiger partial charge in [-0.15, -0.1) is 0 Å². The van der Waals surface area contributed by atoms with Crippen LogP contribution in [-0.2, 0) is 4.79 Å². The van der Waals surface area contributed by atoms with Gasteiger partial charge in [-0.3, -0.25) is 10.1 Å². The molecule has 6 nitrogen and oxygen atoms in total. The van der Waals surface area contributed by atoms with Crippen molar-refractivity contribution in [3.63, 3.8) is 0 Å². The highest BCUT2D eigenvalue weighted by molar-refractivity contribution is 5.94. The number of carbonyl (C=O) groups is 2. The van der Waals surface area contributed by atoms with E-state index < -0.39 is 0 Å². The third-order valence-electron chi connectivity index (χ3n) is 3.95. The van der Waals surface area contributed by atoms with E-state index in [0.717, 1.165) is 5.69 Å². The topological polar surface area (TPSA) is 73.5 Å². The molecule has 1 aromatic carbocycles. The molecule has 1 aromatic rings. The summed E-state index contributed by atoms with van der Waals surface area (Å²) in [5, 5.41) is 8.83. The van der Waals surface area contributed by atoms with E-state index >= 15 is 0 Å². The number of carbonyl (C=O) groups excluding carboxylic acids is 2. The van der Waals surface area contributed by atoms with Gasteiger partial charge in [-0.2, -0.15) is 0 Å². The summed E-state index contributed by atoms with van der Waals surface area (Å²) in [5.74, 6) is -0.0510. The Balaban J connectivity index is 1.67. The molecule has 6 heteroatoms. The van der Waals surface area contributed by atoms with Crippen molar-refractivity contribution < 1.29 is 9.59 Å². The van der Waals surface area contributed by atoms with Gasteiger partial charge in [-0.05, 0) is 18.6 Å². The zero-order valence-corrected chi connectivity index (χ0v) is 11.3. The highest BCUT2D eigenvalue weighted by Crippen LogP contribution is 2.21. The average molecular weight is 274 g/mol. The van der Waals surface area contributed by atoms with Crippen LogP contribution in [0.4, 0.5) is 10.5 Å². The molecule has 2 aliphatic rings. The average Bonchev–Trinajstić information content (AvgIpc) is 2.85. The monoisotopic (exact) mass is 274 g/mol. The number of hydrogen-bond acceptors (Lipinski definition) is 3. The summed E-state index contributed by atoms with van der Waals surface area (Å²) in [4.78, 5) is 25.5. The van der Waals surface area contributed by atoms with Crippen LogP contribution < -0.4 is 20.9 Å². The van der Waals surface area contributed by atoms with E-state index in [1.165, 1.54) is 0 Å². The molecular formula is C14H18N4O2. The van der Waals surface area contributed by atoms with Crippen molar-refractivity contribution in [3.8, 4) is 0 Å². The Bertz CT molecular complexity index is 519. The fourth-order valence-corrected chi connectivity index (χ4v) is 2.82. The van der Waals surface area contributed by atoms with Gasteiger partial charge in [-0.1, -0.05) is 18.2 Å². The molecule has 106 valence electrons. The SMILES string of the molecule is CN(C(=O)C1CNC2NC(=O)NC2C1)c1ccccc1. The van der Waals surface area contributed by atoms with Crippen LogP contribution >= 0.6 is 0 Å². The smallest absolute Gasteiger partial charge is 0.316 e. The Hall–Kier alpha value is -2.08. The van der Waals surface area contributed by atoms with Crippen LogP contribution in [0.5, 0.6) is 0 Å². The van der Waals surface area contributed by atoms with E-state index in [0.29, 0.717) is 13.0 Å². The first kappa shape index (κ1) is 12.9. The molecule has 2 saturated heterocycles. The molecule has 3 atom stereocenters. The lowest BCUT2D eigenvalue weighted by Crippen LogP contribution is -2.55. The number of nitrogens with one attached hydrogen (secondary N) is 3. The fraction of sp³-hybridized carbons (Fsp3) is 0.429. The number of rotatable bonds is 2. The molecule has 2 heterocycles. The second-order valence-electron chi connectivity index (χ2n) is 5.28. The van der Waals surface area contributed by atoms with E-state index in [-0.39, 0.29) is 30.1 Å². The Labute approximate surface area is 117 Å². The van der Waals surface area contributed by atoms with Gasteiger partial charge in [0.15, 0.2) is 0 Å². The lowest BCUT2D eigenvalue weighted by Gasteiger charge is -2.33. The number of benzene rings is 1. The third kappa shape index (κ3) is 2.34. The predicted octanol–water partition coefficient (Wildman–Crippen LogP) is 0.266. The molecule has 3 N–H and O–H groups in total. The summed E-state index contributed by atoms with van der Waals surface area (Å²) in [6, 6.07) is 9.39. The molecule has 3 amide bonds. The van der Waals surface area contributed by atoms with Gasteiger partial charge in [0.2, 0.25) is 5.91 Å². The second kappa shape index (κ2) is 5.13. The van der Waals surface area contributed by atoms with Crippen LogP contribution in [0.1, 0.15) is 6.42 Å². The molecular weight excluding hydrogens is 256 g/mol. The number of piperidine rings is 1. The van der Waals surface area contributed by atoms with Gasteiger partial charge in [0, 0.05) is 19.3 Å². The molecule has 2 aliphatic heterocycles. The highest BCUT2D eigenvalue weighted by atomic mass is 16.2. The van der Waals surface area contributed by atoms with E-state index in [1.54, 1.807) is 11.9 Å². The van der Waals surface area contributed by atoms with E-state index in [2.05, 4.69) is 16.0 Å². The number of anilines is 1. The van der Waals surface area contributed by atoms with Crippen LogP contribution in [0.15, 0.2) is 30.3 Å². The first-order valence-electron chi connectivity index (χ1n) is 6.78. The Morgan fingerprint density at radius 1 is 1.25 bits per heavy atom. The summed E-state index contributed by atoms with van der Waals surface area (Å²) in [5.41, 5.74) is 0.883. The van der Waals surface area contributed by atoms with Gasteiger partial charge < -0.3 is 15.5 Å². The van der Waals surface area contributed by atoms with Crippen molar-refractivity contribution in [1.82, 2.24) is 16.0 Å². The lowest BCUT2D eigenvalue weighted by molar-refractivity contribution is -0.123. The summed E-state index contributed by atoms with van der Waals surface area (Å²) >= 11 is 0. The van der Waals surface area contributed by atoms with Crippen LogP contribution in [0.2, 0.25) is 0 Å². The Morgan fingerprint density at radius 3 is 2.75 bits per heavy atom. The van der Waals surface area contributed by atoms with Crippen molar-refractivity contribution in [2.45, 2.75) is 18.6 Å². The summed E-state index contributed by atoms with van der Waals surface area (Å²) in [7, 11) is 1.79. The maximum absolute atomic E-state index is 12.5. The van der Waals surface area contributed by atoms with Crippen molar-refractivity contribution in [3.05, 3.63) is 30.3 Å². The van der Waals surface area contributed by atoms with Crippen LogP contribution in [0, 0.1) is 5.92 Å². The Morgan fingerprint density at radius 2 is 2.00 bits per heavy atom. The number of fused-ring (bicyclic) bond motifs is 1. The molecule has 0 saturated carbocycles. The van der Waals surface area contributed by atoms with E-state index in [1.807, 2.05) is 30.3 Å². The third-order valence-corrected chi connectivity index (χ3v) is 3.95. The quantitative estimate of drug-likeness (QED) is 0.724. The van der Waals surface area contributed by atoms with Crippen LogP contribution in [0.25, 0.3) is 0 Å². The number of para-hydroxylation sites is 1. The molecule has 3 rings (SSSR count). The predicted molar refractivity (Wildman–Crippen MR) is 75.2 cm³/mol. The molecule has 0 spiro atoms. The van der Waals surface area contributed by atoms with Crippen molar-refractivity contribution in [2.75, 3.05) is 18.5 Å². The second-order valence-corrected chi connectivity index (χ2v) is 5.28. The summed E-state index contributed by atoms with van der Waals surface area (Å²) in [6.45, 7) is 0.582. The zero-order chi connectivity index (χ0) is 14.1. The van der Waals surface area contributed by atoms with Gasteiger partial charge in [0.05, 0.1) is 12.0 Å². The molecule has 0 bridgehead atoms. The maximum atomic E-state index is 12.5. The number of amides is 3. The minimum atomic E-state index is -0.169. The standard InChI is InChI=1S/C14H18N4O2/c1-18(10-5-3-2-4-6-10)13(19)9-7-11-12(15-8-9)17-14(20)16-11/h2-6,9,11-12,15H,7-8H2,1H3,(H2,16,17,20). The normalized spacial score (nSPS) is 28.2. The fourth-order valence-electron chi connectivity index (χ4n) is 2.82. The van der Waals surface area contributed by atoms with Crippen LogP contribution in [0.3, 0.4) is 0 Å². The molecule has 0 aromatic heterocycles. The molecule has 0 radical (unpaired) electrons. The summed E-state index contributed by atoms with van der Waals surface area (Å²) < 4.78 is 0. The summed E-state index contributed by atoms with van der Waals surface area (Å²) in [6.07, 6.45) is 0.598. The maximum Gasteiger partial charge on any atom is 0.316 e. The van der Waals surface area contributed by atoms with E-state index in [4.69, 9.17) is 0 Å². The highest BCUT2D eigenvalue weighted by Gasteiger charge is 2.39. The van der Waals surface area contributed by atoms with Gasteiger partial charge >= 0.3 is 6.03 Å². The number of urea groups is 1. The van der Waals surface area contributed by atoms with E-state index in [9.17, 15) is 9.59 Å². The van der Waals surface area contributed by atoms with Crippen LogP contribution in [-0.4, -0.2) is 37.7 Å². The minimum absolute atomic E-state index is 0.0191. The van der Waals surface area contributed by atoms with Gasteiger partial charge in [-0.25, -0.2) is 4.79 Å². The van der Waals surface area contributed by atoms with Gasteiger partial charge in [0.25, 0.3) is 0 Å². The first-order chi connectivity index (χ1) is 9.65.